The maximum atomic E-state index is 12.8. The molecule has 14 heteroatoms. The lowest BCUT2D eigenvalue weighted by atomic mass is 9.98. The number of amides is 2. The molecule has 2 fully saturated rings. The van der Waals surface area contributed by atoms with E-state index in [0.29, 0.717) is 25.2 Å². The molecule has 2 aromatic rings. The van der Waals surface area contributed by atoms with E-state index in [1.165, 1.54) is 11.5 Å². The highest BCUT2D eigenvalue weighted by atomic mass is 32.1. The van der Waals surface area contributed by atoms with Gasteiger partial charge in [-0.15, -0.1) is 5.10 Å². The number of carboxylic acid groups (broad SMARTS) is 1. The van der Waals surface area contributed by atoms with Gasteiger partial charge in [0, 0.05) is 19.8 Å². The summed E-state index contributed by atoms with van der Waals surface area (Å²) in [6, 6.07) is 5.66. The van der Waals surface area contributed by atoms with Gasteiger partial charge in [-0.2, -0.15) is 13.2 Å². The first kappa shape index (κ1) is 26.5. The van der Waals surface area contributed by atoms with Crippen molar-refractivity contribution in [3.05, 3.63) is 40.7 Å². The van der Waals surface area contributed by atoms with Gasteiger partial charge in [-0.1, -0.05) is 10.6 Å². The fourth-order valence-electron chi connectivity index (χ4n) is 3.98. The number of aromatic nitrogens is 3. The number of carbonyl (C=O) groups excluding carboxylic acids is 2. The highest BCUT2D eigenvalue weighted by Gasteiger charge is 2.44. The van der Waals surface area contributed by atoms with Crippen molar-refractivity contribution >= 4 is 29.3 Å². The first-order chi connectivity index (χ1) is 16.5. The van der Waals surface area contributed by atoms with Crippen LogP contribution in [0.1, 0.15) is 40.3 Å². The molecule has 0 radical (unpaired) electrons. The third-order valence-electron chi connectivity index (χ3n) is 5.68. The van der Waals surface area contributed by atoms with Crippen LogP contribution in [0.25, 0.3) is 0 Å². The Kier molecular flexibility index (Phi) is 8.38. The zero-order valence-corrected chi connectivity index (χ0v) is 19.8. The Morgan fingerprint density at radius 1 is 1.26 bits per heavy atom. The summed E-state index contributed by atoms with van der Waals surface area (Å²) in [5.74, 6) is -2.87. The van der Waals surface area contributed by atoms with Crippen LogP contribution < -0.4 is 0 Å². The molecule has 0 spiro atoms. The zero-order chi connectivity index (χ0) is 25.8. The van der Waals surface area contributed by atoms with Crippen molar-refractivity contribution in [3.63, 3.8) is 0 Å². The van der Waals surface area contributed by atoms with E-state index in [2.05, 4.69) is 14.6 Å². The first-order valence-electron chi connectivity index (χ1n) is 10.7. The number of carboxylic acids is 1. The molecule has 35 heavy (non-hydrogen) atoms. The van der Waals surface area contributed by atoms with Gasteiger partial charge in [0.2, 0.25) is 0 Å². The molecule has 0 saturated carbocycles. The van der Waals surface area contributed by atoms with Crippen LogP contribution in [0.2, 0.25) is 0 Å². The van der Waals surface area contributed by atoms with E-state index >= 15 is 0 Å². The maximum Gasteiger partial charge on any atom is 0.490 e. The van der Waals surface area contributed by atoms with Crippen molar-refractivity contribution < 1.29 is 37.4 Å². The van der Waals surface area contributed by atoms with Gasteiger partial charge in [-0.3, -0.25) is 14.6 Å². The van der Waals surface area contributed by atoms with Crippen LogP contribution in [-0.2, 0) is 20.9 Å². The van der Waals surface area contributed by atoms with E-state index in [1.807, 2.05) is 30.0 Å². The molecular weight excluding hydrogens is 491 g/mol. The lowest BCUT2D eigenvalue weighted by molar-refractivity contribution is -0.192. The second-order valence-corrected chi connectivity index (χ2v) is 9.05. The number of hydrogen-bond acceptors (Lipinski definition) is 8. The van der Waals surface area contributed by atoms with Crippen LogP contribution in [0.5, 0.6) is 0 Å². The van der Waals surface area contributed by atoms with Crippen LogP contribution in [0.3, 0.4) is 0 Å². The van der Waals surface area contributed by atoms with Crippen LogP contribution in [-0.4, -0.2) is 85.3 Å². The van der Waals surface area contributed by atoms with Gasteiger partial charge in [0.1, 0.15) is 6.10 Å². The second-order valence-electron chi connectivity index (χ2n) is 8.09. The fourth-order valence-corrected chi connectivity index (χ4v) is 4.44. The number of likely N-dealkylation sites (N-methyl/N-ethyl adjacent to an activating group) is 1. The maximum absolute atomic E-state index is 12.8. The number of alkyl halides is 3. The van der Waals surface area contributed by atoms with Crippen molar-refractivity contribution in [2.24, 2.45) is 0 Å². The molecule has 3 atom stereocenters. The predicted molar refractivity (Wildman–Crippen MR) is 116 cm³/mol. The average molecular weight is 516 g/mol. The van der Waals surface area contributed by atoms with Crippen LogP contribution in [0.4, 0.5) is 13.2 Å². The molecule has 0 aromatic carbocycles. The number of aryl methyl sites for hydroxylation is 1. The average Bonchev–Trinajstić information content (AvgIpc) is 3.44. The molecule has 0 aliphatic carbocycles. The molecule has 4 rings (SSSR count). The summed E-state index contributed by atoms with van der Waals surface area (Å²) in [5, 5.41) is 11.1. The van der Waals surface area contributed by atoms with Crippen molar-refractivity contribution in [1.29, 1.82) is 0 Å². The monoisotopic (exact) mass is 515 g/mol. The molecular formula is C21H24F3N5O5S. The second kappa shape index (κ2) is 11.1. The van der Waals surface area contributed by atoms with Gasteiger partial charge in [0.25, 0.3) is 11.8 Å². The normalized spacial score (nSPS) is 21.5. The standard InChI is InChI=1S/C19H23N5O3S.C2HF3O2/c1-12-17(21-22-28-12)19(26)24-10-8-15-14(24)6-7-16(27-15)18(25)23(2)11-13-5-3-4-9-20-13;3-2(4,5)1(6)7/h3-5,9,14-16H,6-8,10-11H2,1-2H3;(H,6,7)/t14-,15-,16+;/m1./s1. The van der Waals surface area contributed by atoms with Crippen LogP contribution >= 0.6 is 11.5 Å². The Balaban J connectivity index is 0.000000429. The van der Waals surface area contributed by atoms with Gasteiger partial charge in [0.05, 0.1) is 29.3 Å². The summed E-state index contributed by atoms with van der Waals surface area (Å²) in [6.07, 6.45) is -1.85. The number of rotatable bonds is 4. The number of hydrogen-bond donors (Lipinski definition) is 1. The van der Waals surface area contributed by atoms with Gasteiger partial charge in [0.15, 0.2) is 5.69 Å². The SMILES string of the molecule is Cc1snnc1C(=O)N1CC[C@H]2O[C@H](C(=O)N(C)Cc3ccccn3)CC[C@H]21.O=C(O)C(F)(F)F. The van der Waals surface area contributed by atoms with Gasteiger partial charge in [-0.25, -0.2) is 4.79 Å². The molecule has 2 aromatic heterocycles. The molecule has 2 aliphatic rings. The van der Waals surface area contributed by atoms with Crippen LogP contribution in [0, 0.1) is 6.92 Å². The quantitative estimate of drug-likeness (QED) is 0.658. The van der Waals surface area contributed by atoms with Crippen molar-refractivity contribution in [1.82, 2.24) is 24.4 Å². The highest BCUT2D eigenvalue weighted by molar-refractivity contribution is 7.05. The highest BCUT2D eigenvalue weighted by Crippen LogP contribution is 2.33. The largest absolute Gasteiger partial charge is 0.490 e. The lowest BCUT2D eigenvalue weighted by Gasteiger charge is -2.36. The molecule has 2 saturated heterocycles. The van der Waals surface area contributed by atoms with Crippen molar-refractivity contribution in [2.75, 3.05) is 13.6 Å². The van der Waals surface area contributed by atoms with E-state index in [4.69, 9.17) is 14.6 Å². The molecule has 1 N–H and O–H groups in total. The number of nitrogens with zero attached hydrogens (tertiary/aromatic N) is 5. The Hall–Kier alpha value is -3.13. The molecule has 0 unspecified atom stereocenters. The van der Waals surface area contributed by atoms with Crippen LogP contribution in [0.15, 0.2) is 24.4 Å². The van der Waals surface area contributed by atoms with Crippen molar-refractivity contribution in [2.45, 2.75) is 57.2 Å². The van der Waals surface area contributed by atoms with Crippen molar-refractivity contribution in [3.8, 4) is 0 Å². The van der Waals surface area contributed by atoms with E-state index in [9.17, 15) is 22.8 Å². The molecule has 190 valence electrons. The number of ether oxygens (including phenoxy) is 1. The smallest absolute Gasteiger partial charge is 0.475 e. The number of fused-ring (bicyclic) bond motifs is 1. The number of carbonyl (C=O) groups is 3. The minimum atomic E-state index is -5.08. The summed E-state index contributed by atoms with van der Waals surface area (Å²) in [5.41, 5.74) is 1.27. The zero-order valence-electron chi connectivity index (χ0n) is 18.9. The Morgan fingerprint density at radius 3 is 2.54 bits per heavy atom. The number of likely N-dealkylation sites (tertiary alicyclic amines) is 1. The topological polar surface area (TPSA) is 126 Å². The Morgan fingerprint density at radius 2 is 1.97 bits per heavy atom. The van der Waals surface area contributed by atoms with Gasteiger partial charge < -0.3 is 19.6 Å². The van der Waals surface area contributed by atoms with E-state index < -0.39 is 18.2 Å². The number of aliphatic carboxylic acids is 1. The Bertz CT molecular complexity index is 1050. The van der Waals surface area contributed by atoms with Gasteiger partial charge >= 0.3 is 12.1 Å². The Labute approximate surface area is 202 Å². The molecule has 2 amide bonds. The third kappa shape index (κ3) is 6.51. The van der Waals surface area contributed by atoms with E-state index in [0.717, 1.165) is 23.4 Å². The summed E-state index contributed by atoms with van der Waals surface area (Å²) in [4.78, 5) is 43.1. The molecule has 10 nitrogen and oxygen atoms in total. The van der Waals surface area contributed by atoms with Gasteiger partial charge in [-0.05, 0) is 49.9 Å². The molecule has 2 aliphatic heterocycles. The summed E-state index contributed by atoms with van der Waals surface area (Å²) in [7, 11) is 1.77. The summed E-state index contributed by atoms with van der Waals surface area (Å²) < 4.78 is 41.7. The van der Waals surface area contributed by atoms with E-state index in [1.54, 1.807) is 18.1 Å². The fraction of sp³-hybridized carbons (Fsp3) is 0.524. The summed E-state index contributed by atoms with van der Waals surface area (Å²) in [6.45, 7) is 2.93. The van der Waals surface area contributed by atoms with E-state index in [-0.39, 0.29) is 24.0 Å². The summed E-state index contributed by atoms with van der Waals surface area (Å²) >= 11 is 1.23. The minimum Gasteiger partial charge on any atom is -0.475 e. The molecule has 0 bridgehead atoms. The molecule has 4 heterocycles. The minimum absolute atomic E-state index is 0.00116. The number of pyridine rings is 1. The third-order valence-corrected chi connectivity index (χ3v) is 6.31. The predicted octanol–water partition coefficient (Wildman–Crippen LogP) is 2.30. The lowest BCUT2D eigenvalue weighted by Crippen LogP contribution is -2.49. The number of halogens is 3. The first-order valence-corrected chi connectivity index (χ1v) is 11.5.